The van der Waals surface area contributed by atoms with E-state index in [1.165, 1.54) is 4.57 Å². The summed E-state index contributed by atoms with van der Waals surface area (Å²) in [7, 11) is 0. The van der Waals surface area contributed by atoms with E-state index in [0.29, 0.717) is 18.7 Å². The maximum absolute atomic E-state index is 12.4. The minimum absolute atomic E-state index is 0.00785. The number of nitrogens with one attached hydrogen (secondary N) is 1. The van der Waals surface area contributed by atoms with Crippen molar-refractivity contribution in [1.29, 1.82) is 0 Å². The van der Waals surface area contributed by atoms with Crippen LogP contribution in [0.3, 0.4) is 0 Å². The van der Waals surface area contributed by atoms with Crippen LogP contribution in [-0.2, 0) is 16.0 Å². The van der Waals surface area contributed by atoms with Gasteiger partial charge in [0.25, 0.3) is 17.4 Å². The number of hydrogen-bond donors (Lipinski definition) is 2. The first-order chi connectivity index (χ1) is 12.4. The number of benzene rings is 1. The van der Waals surface area contributed by atoms with E-state index in [-0.39, 0.29) is 29.3 Å². The fourth-order valence-corrected chi connectivity index (χ4v) is 2.88. The van der Waals surface area contributed by atoms with Gasteiger partial charge in [-0.25, -0.2) is 0 Å². The van der Waals surface area contributed by atoms with Crippen molar-refractivity contribution in [2.75, 3.05) is 12.3 Å². The van der Waals surface area contributed by atoms with Gasteiger partial charge in [0.1, 0.15) is 5.82 Å². The number of pyridine rings is 1. The van der Waals surface area contributed by atoms with Gasteiger partial charge < -0.3 is 10.5 Å². The lowest BCUT2D eigenvalue weighted by atomic mass is 10.1. The highest BCUT2D eigenvalue weighted by Crippen LogP contribution is 2.23. The number of imide groups is 1. The van der Waals surface area contributed by atoms with Gasteiger partial charge in [0.05, 0.1) is 23.4 Å². The van der Waals surface area contributed by atoms with Crippen molar-refractivity contribution in [1.82, 2.24) is 9.88 Å². The third-order valence-corrected chi connectivity index (χ3v) is 4.05. The van der Waals surface area contributed by atoms with E-state index in [1.807, 2.05) is 6.07 Å². The Morgan fingerprint density at radius 1 is 1.19 bits per heavy atom. The fourth-order valence-electron chi connectivity index (χ4n) is 2.88. The summed E-state index contributed by atoms with van der Waals surface area (Å²) < 4.78 is 6.07. The van der Waals surface area contributed by atoms with Gasteiger partial charge in [-0.3, -0.25) is 29.1 Å². The lowest BCUT2D eigenvalue weighted by Crippen LogP contribution is -2.24. The second-order valence-corrected chi connectivity index (χ2v) is 5.75. The number of rotatable bonds is 5. The highest BCUT2D eigenvalue weighted by Gasteiger charge is 2.31. The summed E-state index contributed by atoms with van der Waals surface area (Å²) in [6, 6.07) is 8.00. The zero-order chi connectivity index (χ0) is 18.8. The Kier molecular flexibility index (Phi) is 4.57. The van der Waals surface area contributed by atoms with Crippen LogP contribution in [0.2, 0.25) is 0 Å². The first-order valence-corrected chi connectivity index (χ1v) is 8.08. The number of fused-ring (bicyclic) bond motifs is 1. The van der Waals surface area contributed by atoms with Gasteiger partial charge in [0.2, 0.25) is 0 Å². The van der Waals surface area contributed by atoms with Crippen LogP contribution in [0.15, 0.2) is 35.1 Å². The Hall–Kier alpha value is -3.42. The molecule has 0 aliphatic carbocycles. The molecular formula is C18H17N3O5. The first-order valence-electron chi connectivity index (χ1n) is 8.08. The minimum Gasteiger partial charge on any atom is -0.466 e. The number of carbonyl (C=O) groups is 3. The summed E-state index contributed by atoms with van der Waals surface area (Å²) in [4.78, 5) is 47.6. The van der Waals surface area contributed by atoms with Crippen molar-refractivity contribution in [3.05, 3.63) is 57.4 Å². The number of amides is 2. The molecule has 2 heterocycles. The maximum Gasteiger partial charge on any atom is 0.306 e. The molecule has 0 spiro atoms. The molecule has 0 atom stereocenters. The SMILES string of the molecule is CCOC(=O)CCc1cccc(-n2c(N)c3c(cc2=O)C(=O)NC3=O)c1. The van der Waals surface area contributed by atoms with Gasteiger partial charge in [0.15, 0.2) is 0 Å². The van der Waals surface area contributed by atoms with E-state index < -0.39 is 17.4 Å². The predicted octanol–water partition coefficient (Wildman–Crippen LogP) is 0.799. The molecule has 8 nitrogen and oxygen atoms in total. The van der Waals surface area contributed by atoms with E-state index >= 15 is 0 Å². The molecule has 1 aliphatic rings. The molecule has 1 aromatic heterocycles. The van der Waals surface area contributed by atoms with Gasteiger partial charge in [-0.1, -0.05) is 12.1 Å². The van der Waals surface area contributed by atoms with Crippen molar-refractivity contribution >= 4 is 23.6 Å². The highest BCUT2D eigenvalue weighted by atomic mass is 16.5. The van der Waals surface area contributed by atoms with Crippen LogP contribution in [-0.4, -0.2) is 29.0 Å². The number of hydrogen-bond acceptors (Lipinski definition) is 6. The summed E-state index contributed by atoms with van der Waals surface area (Å²) in [5.41, 5.74) is 6.72. The molecule has 0 unspecified atom stereocenters. The monoisotopic (exact) mass is 355 g/mol. The van der Waals surface area contributed by atoms with Crippen molar-refractivity contribution < 1.29 is 19.1 Å². The number of nitrogens with zero attached hydrogens (tertiary/aromatic N) is 1. The third-order valence-electron chi connectivity index (χ3n) is 4.05. The topological polar surface area (TPSA) is 120 Å². The van der Waals surface area contributed by atoms with Crippen molar-refractivity contribution in [3.8, 4) is 5.69 Å². The Labute approximate surface area is 148 Å². The number of nitrogen functional groups attached to an aromatic ring is 1. The Bertz CT molecular complexity index is 977. The molecule has 0 saturated carbocycles. The number of anilines is 1. The number of nitrogens with two attached hydrogens (primary N) is 1. The van der Waals surface area contributed by atoms with Crippen LogP contribution in [0.4, 0.5) is 5.82 Å². The number of aromatic nitrogens is 1. The second kappa shape index (κ2) is 6.83. The maximum atomic E-state index is 12.4. The van der Waals surface area contributed by atoms with Gasteiger partial charge in [-0.2, -0.15) is 0 Å². The molecule has 3 rings (SSSR count). The van der Waals surface area contributed by atoms with Crippen LogP contribution in [0.5, 0.6) is 0 Å². The molecule has 2 aromatic rings. The molecule has 1 aliphatic heterocycles. The van der Waals surface area contributed by atoms with E-state index in [2.05, 4.69) is 5.32 Å². The van der Waals surface area contributed by atoms with Crippen LogP contribution < -0.4 is 16.6 Å². The molecule has 26 heavy (non-hydrogen) atoms. The average Bonchev–Trinajstić information content (AvgIpc) is 2.88. The third kappa shape index (κ3) is 3.08. The summed E-state index contributed by atoms with van der Waals surface area (Å²) in [5.74, 6) is -1.67. The second-order valence-electron chi connectivity index (χ2n) is 5.75. The van der Waals surface area contributed by atoms with Crippen molar-refractivity contribution in [3.63, 3.8) is 0 Å². The van der Waals surface area contributed by atoms with E-state index in [0.717, 1.165) is 11.6 Å². The summed E-state index contributed by atoms with van der Waals surface area (Å²) in [6.45, 7) is 2.06. The number of carbonyl (C=O) groups excluding carboxylic acids is 3. The zero-order valence-corrected chi connectivity index (χ0v) is 14.1. The fraction of sp³-hybridized carbons (Fsp3) is 0.222. The smallest absolute Gasteiger partial charge is 0.306 e. The first kappa shape index (κ1) is 17.4. The Balaban J connectivity index is 1.98. The Morgan fingerprint density at radius 3 is 2.69 bits per heavy atom. The van der Waals surface area contributed by atoms with Crippen LogP contribution >= 0.6 is 0 Å². The highest BCUT2D eigenvalue weighted by molar-refractivity contribution is 6.23. The molecule has 0 saturated heterocycles. The molecular weight excluding hydrogens is 338 g/mol. The Morgan fingerprint density at radius 2 is 1.96 bits per heavy atom. The predicted molar refractivity (Wildman–Crippen MR) is 93.2 cm³/mol. The van der Waals surface area contributed by atoms with Crippen molar-refractivity contribution in [2.24, 2.45) is 0 Å². The lowest BCUT2D eigenvalue weighted by Gasteiger charge is -2.13. The van der Waals surface area contributed by atoms with Crippen LogP contribution in [0.25, 0.3) is 5.69 Å². The minimum atomic E-state index is -0.635. The molecule has 3 N–H and O–H groups in total. The number of ether oxygens (including phenoxy) is 1. The summed E-state index contributed by atoms with van der Waals surface area (Å²) >= 11 is 0. The van der Waals surface area contributed by atoms with Crippen LogP contribution in [0.1, 0.15) is 39.6 Å². The molecule has 0 fully saturated rings. The molecule has 8 heteroatoms. The lowest BCUT2D eigenvalue weighted by molar-refractivity contribution is -0.143. The number of aryl methyl sites for hydroxylation is 1. The van der Waals surface area contributed by atoms with Gasteiger partial charge in [-0.15, -0.1) is 0 Å². The van der Waals surface area contributed by atoms with E-state index in [4.69, 9.17) is 10.5 Å². The zero-order valence-electron chi connectivity index (χ0n) is 14.1. The van der Waals surface area contributed by atoms with Gasteiger partial charge in [0, 0.05) is 12.5 Å². The quantitative estimate of drug-likeness (QED) is 0.604. The normalized spacial score (nSPS) is 12.7. The van der Waals surface area contributed by atoms with Crippen molar-refractivity contribution in [2.45, 2.75) is 19.8 Å². The molecule has 1 aromatic carbocycles. The van der Waals surface area contributed by atoms with Gasteiger partial charge in [-0.05, 0) is 31.0 Å². The van der Waals surface area contributed by atoms with Crippen LogP contribution in [0, 0.1) is 0 Å². The standard InChI is InChI=1S/C18H17N3O5/c1-2-26-14(23)7-6-10-4-3-5-11(8-10)21-13(22)9-12-15(16(21)19)18(25)20-17(12)24/h3-5,8-9H,2,6-7,19H2,1H3,(H,20,24,25). The van der Waals surface area contributed by atoms with Gasteiger partial charge >= 0.3 is 5.97 Å². The molecule has 0 radical (unpaired) electrons. The number of esters is 1. The van der Waals surface area contributed by atoms with E-state index in [9.17, 15) is 19.2 Å². The largest absolute Gasteiger partial charge is 0.466 e. The molecule has 0 bridgehead atoms. The average molecular weight is 355 g/mol. The molecule has 2 amide bonds. The summed E-state index contributed by atoms with van der Waals surface area (Å²) in [5, 5.41) is 2.12. The summed E-state index contributed by atoms with van der Waals surface area (Å²) in [6.07, 6.45) is 0.647. The van der Waals surface area contributed by atoms with E-state index in [1.54, 1.807) is 25.1 Å². The molecule has 134 valence electrons.